The van der Waals surface area contributed by atoms with E-state index in [1.807, 2.05) is 0 Å². The molecule has 0 bridgehead atoms. The third-order valence-corrected chi connectivity index (χ3v) is 5.73. The summed E-state index contributed by atoms with van der Waals surface area (Å²) in [7, 11) is 1.19. The molecular formula is C33H29FO7. The minimum atomic E-state index is -1.16. The summed E-state index contributed by atoms with van der Waals surface area (Å²) in [4.78, 5) is 37.2. The van der Waals surface area contributed by atoms with Crippen LogP contribution in [0.3, 0.4) is 0 Å². The molecule has 0 heterocycles. The van der Waals surface area contributed by atoms with Gasteiger partial charge in [-0.1, -0.05) is 54.2 Å². The van der Waals surface area contributed by atoms with E-state index in [-0.39, 0.29) is 25.5 Å². The van der Waals surface area contributed by atoms with Gasteiger partial charge >= 0.3 is 18.1 Å². The molecule has 0 saturated carbocycles. The van der Waals surface area contributed by atoms with Crippen molar-refractivity contribution in [3.05, 3.63) is 106 Å². The van der Waals surface area contributed by atoms with Gasteiger partial charge in [-0.3, -0.25) is 9.59 Å². The predicted molar refractivity (Wildman–Crippen MR) is 149 cm³/mol. The second-order valence-electron chi connectivity index (χ2n) is 8.48. The van der Waals surface area contributed by atoms with Crippen LogP contribution in [0.4, 0.5) is 9.18 Å². The predicted octanol–water partition coefficient (Wildman–Crippen LogP) is 5.39. The van der Waals surface area contributed by atoms with E-state index < -0.39 is 30.1 Å². The second kappa shape index (κ2) is 15.5. The minimum Gasteiger partial charge on any atom is -0.465 e. The Morgan fingerprint density at radius 3 is 2.02 bits per heavy atom. The van der Waals surface area contributed by atoms with Crippen molar-refractivity contribution in [3.63, 3.8) is 0 Å². The maximum atomic E-state index is 13.3. The highest BCUT2D eigenvalue weighted by molar-refractivity contribution is 5.95. The minimum absolute atomic E-state index is 0.00474. The highest BCUT2D eigenvalue weighted by atomic mass is 19.1. The number of halogens is 1. The maximum absolute atomic E-state index is 13.3. The van der Waals surface area contributed by atoms with Crippen molar-refractivity contribution < 1.29 is 37.7 Å². The van der Waals surface area contributed by atoms with Crippen molar-refractivity contribution in [3.8, 4) is 23.7 Å². The Morgan fingerprint density at radius 1 is 0.780 bits per heavy atom. The Balaban J connectivity index is 2.00. The van der Waals surface area contributed by atoms with Crippen molar-refractivity contribution >= 4 is 18.1 Å². The number of hydrogen-bond donors (Lipinski definition) is 0. The second-order valence-corrected chi connectivity index (χ2v) is 8.48. The van der Waals surface area contributed by atoms with E-state index in [1.54, 1.807) is 74.5 Å². The highest BCUT2D eigenvalue weighted by Crippen LogP contribution is 2.23. The molecule has 3 rings (SSSR count). The first-order valence-corrected chi connectivity index (χ1v) is 12.9. The number of hydrogen-bond acceptors (Lipinski definition) is 7. The molecule has 0 radical (unpaired) electrons. The third kappa shape index (κ3) is 8.98. The Labute approximate surface area is 238 Å². The number of benzene rings is 3. The van der Waals surface area contributed by atoms with Crippen molar-refractivity contribution in [2.24, 2.45) is 5.92 Å². The van der Waals surface area contributed by atoms with E-state index in [0.717, 1.165) is 0 Å². The Bertz CT molecular complexity index is 1470. The van der Waals surface area contributed by atoms with Crippen LogP contribution in [-0.2, 0) is 35.0 Å². The lowest BCUT2D eigenvalue weighted by atomic mass is 9.95. The fourth-order valence-electron chi connectivity index (χ4n) is 3.76. The quantitative estimate of drug-likeness (QED) is 0.159. The van der Waals surface area contributed by atoms with Crippen LogP contribution in [0.2, 0.25) is 0 Å². The van der Waals surface area contributed by atoms with Crippen molar-refractivity contribution in [1.29, 1.82) is 0 Å². The molecule has 8 heteroatoms. The molecule has 0 amide bonds. The van der Waals surface area contributed by atoms with Gasteiger partial charge in [0.05, 0.1) is 20.3 Å². The molecule has 0 aliphatic carbocycles. The van der Waals surface area contributed by atoms with Gasteiger partial charge in [-0.25, -0.2) is 9.18 Å². The fourth-order valence-corrected chi connectivity index (χ4v) is 3.76. The summed E-state index contributed by atoms with van der Waals surface area (Å²) in [5.41, 5.74) is 2.77. The number of rotatable bonds is 8. The first kappa shape index (κ1) is 30.5. The Morgan fingerprint density at radius 2 is 1.39 bits per heavy atom. The number of ether oxygens (including phenoxy) is 4. The fraction of sp³-hybridized carbons (Fsp3) is 0.242. The van der Waals surface area contributed by atoms with E-state index in [2.05, 4.69) is 23.7 Å². The van der Waals surface area contributed by atoms with Crippen molar-refractivity contribution in [1.82, 2.24) is 0 Å². The van der Waals surface area contributed by atoms with Crippen LogP contribution < -0.4 is 0 Å². The van der Waals surface area contributed by atoms with Gasteiger partial charge in [-0.2, -0.15) is 0 Å². The molecule has 0 saturated heterocycles. The molecule has 210 valence electrons. The van der Waals surface area contributed by atoms with Gasteiger partial charge in [0.25, 0.3) is 0 Å². The van der Waals surface area contributed by atoms with E-state index in [9.17, 15) is 18.8 Å². The molecule has 0 N–H and O–H groups in total. The Hall–Kier alpha value is -5.08. The largest absolute Gasteiger partial charge is 0.509 e. The van der Waals surface area contributed by atoms with Gasteiger partial charge in [0.2, 0.25) is 0 Å². The summed E-state index contributed by atoms with van der Waals surface area (Å²) < 4.78 is 33.6. The van der Waals surface area contributed by atoms with E-state index in [4.69, 9.17) is 18.9 Å². The van der Waals surface area contributed by atoms with Gasteiger partial charge in [0, 0.05) is 22.3 Å². The lowest BCUT2D eigenvalue weighted by molar-refractivity contribution is -0.161. The van der Waals surface area contributed by atoms with E-state index in [0.29, 0.717) is 27.8 Å². The van der Waals surface area contributed by atoms with Crippen LogP contribution in [0, 0.1) is 35.4 Å². The van der Waals surface area contributed by atoms with E-state index in [1.165, 1.54) is 19.2 Å². The number of esters is 2. The smallest absolute Gasteiger partial charge is 0.465 e. The summed E-state index contributed by atoms with van der Waals surface area (Å²) in [6.07, 6.45) is -2.01. The molecule has 0 fully saturated rings. The summed E-state index contributed by atoms with van der Waals surface area (Å²) in [5.74, 6) is 9.08. The van der Waals surface area contributed by atoms with Crippen molar-refractivity contribution in [2.75, 3.05) is 20.3 Å². The van der Waals surface area contributed by atoms with E-state index >= 15 is 0 Å². The zero-order valence-corrected chi connectivity index (χ0v) is 22.9. The summed E-state index contributed by atoms with van der Waals surface area (Å²) in [5, 5.41) is 0. The van der Waals surface area contributed by atoms with Crippen LogP contribution in [0.5, 0.6) is 0 Å². The number of carbonyl (C=O) groups is 3. The van der Waals surface area contributed by atoms with Gasteiger partial charge in [-0.15, -0.1) is 0 Å². The summed E-state index contributed by atoms with van der Waals surface area (Å²) in [6, 6.07) is 19.7. The average Bonchev–Trinajstić information content (AvgIpc) is 2.98. The topological polar surface area (TPSA) is 88.1 Å². The molecule has 0 spiro atoms. The third-order valence-electron chi connectivity index (χ3n) is 5.73. The monoisotopic (exact) mass is 556 g/mol. The molecule has 7 nitrogen and oxygen atoms in total. The lowest BCUT2D eigenvalue weighted by Gasteiger charge is -2.15. The highest BCUT2D eigenvalue weighted by Gasteiger charge is 2.30. The molecule has 3 aromatic carbocycles. The first-order valence-electron chi connectivity index (χ1n) is 12.9. The molecule has 0 aliphatic rings. The van der Waals surface area contributed by atoms with Crippen LogP contribution in [0.15, 0.2) is 72.8 Å². The van der Waals surface area contributed by atoms with Crippen LogP contribution in [0.25, 0.3) is 0 Å². The Kier molecular flexibility index (Phi) is 11.5. The van der Waals surface area contributed by atoms with Gasteiger partial charge in [-0.05, 0) is 68.2 Å². The van der Waals surface area contributed by atoms with Crippen molar-refractivity contribution in [2.45, 2.75) is 26.4 Å². The number of carbonyl (C=O) groups excluding carboxylic acids is 3. The first-order chi connectivity index (χ1) is 19.9. The van der Waals surface area contributed by atoms with Crippen LogP contribution in [-0.4, -0.2) is 38.4 Å². The standard InChI is InChI=1S/C33H29FO7/c1-4-39-31(35)29(32(36)40-5-2)22-26-12-7-6-10-24(26)18-21-30(41-33(37)38-3)28-13-9-8-11-25(28)17-14-23-15-19-27(34)20-16-23/h6-13,15-16,19-20,29-30H,4-5,22H2,1-3H3. The normalized spacial score (nSPS) is 10.8. The molecule has 0 aliphatic heterocycles. The molecule has 1 unspecified atom stereocenters. The van der Waals surface area contributed by atoms with Crippen LogP contribution >= 0.6 is 0 Å². The zero-order chi connectivity index (χ0) is 29.6. The van der Waals surface area contributed by atoms with Gasteiger partial charge in [0.1, 0.15) is 5.82 Å². The summed E-state index contributed by atoms with van der Waals surface area (Å²) in [6.45, 7) is 3.55. The number of methoxy groups -OCH3 is 1. The summed E-state index contributed by atoms with van der Waals surface area (Å²) >= 11 is 0. The zero-order valence-electron chi connectivity index (χ0n) is 22.9. The maximum Gasteiger partial charge on any atom is 0.509 e. The molecule has 3 aromatic rings. The molecule has 41 heavy (non-hydrogen) atoms. The average molecular weight is 557 g/mol. The molecular weight excluding hydrogens is 527 g/mol. The lowest BCUT2D eigenvalue weighted by Crippen LogP contribution is -2.30. The van der Waals surface area contributed by atoms with Gasteiger partial charge in [0.15, 0.2) is 12.0 Å². The molecule has 0 aromatic heterocycles. The van der Waals surface area contributed by atoms with Gasteiger partial charge < -0.3 is 18.9 Å². The molecule has 1 atom stereocenters. The SMILES string of the molecule is CCOC(=O)C(Cc1ccccc1C#CC(OC(=O)OC)c1ccccc1C#Cc1ccc(F)cc1)C(=O)OCC. The van der Waals surface area contributed by atoms with Crippen LogP contribution in [0.1, 0.15) is 47.8 Å².